The van der Waals surface area contributed by atoms with Gasteiger partial charge in [-0.3, -0.25) is 14.0 Å². The van der Waals surface area contributed by atoms with Crippen LogP contribution in [0, 0.1) is 5.82 Å². The molecule has 6 nitrogen and oxygen atoms in total. The van der Waals surface area contributed by atoms with Gasteiger partial charge in [-0.1, -0.05) is 31.0 Å². The Labute approximate surface area is 161 Å². The predicted molar refractivity (Wildman–Crippen MR) is 102 cm³/mol. The molecule has 2 heterocycles. The monoisotopic (exact) mass is 380 g/mol. The second kappa shape index (κ2) is 7.80. The summed E-state index contributed by atoms with van der Waals surface area (Å²) in [7, 11) is 0. The molecule has 2 amide bonds. The summed E-state index contributed by atoms with van der Waals surface area (Å²) in [6, 6.07) is 11.4. The SMILES string of the molecule is O=C(NC1CCCC1)c1nc(C(=O)NCc2ccc(F)cc2)n2ccccc12. The number of pyridine rings is 1. The Morgan fingerprint density at radius 1 is 1.07 bits per heavy atom. The number of amides is 2. The van der Waals surface area contributed by atoms with E-state index >= 15 is 0 Å². The van der Waals surface area contributed by atoms with Crippen molar-refractivity contribution in [1.82, 2.24) is 20.0 Å². The van der Waals surface area contributed by atoms with Crippen molar-refractivity contribution in [3.8, 4) is 0 Å². The molecule has 1 aliphatic rings. The van der Waals surface area contributed by atoms with Gasteiger partial charge in [-0.15, -0.1) is 0 Å². The van der Waals surface area contributed by atoms with E-state index in [1.807, 2.05) is 6.07 Å². The molecule has 7 heteroatoms. The largest absolute Gasteiger partial charge is 0.348 e. The maximum absolute atomic E-state index is 13.0. The van der Waals surface area contributed by atoms with Gasteiger partial charge in [-0.05, 0) is 42.7 Å². The topological polar surface area (TPSA) is 75.5 Å². The highest BCUT2D eigenvalue weighted by Gasteiger charge is 2.24. The number of imidazole rings is 1. The van der Waals surface area contributed by atoms with Gasteiger partial charge in [0.1, 0.15) is 5.82 Å². The number of nitrogens with zero attached hydrogens (tertiary/aromatic N) is 2. The van der Waals surface area contributed by atoms with Crippen LogP contribution < -0.4 is 10.6 Å². The van der Waals surface area contributed by atoms with E-state index in [0.29, 0.717) is 5.52 Å². The van der Waals surface area contributed by atoms with E-state index in [4.69, 9.17) is 0 Å². The van der Waals surface area contributed by atoms with Crippen LogP contribution >= 0.6 is 0 Å². The van der Waals surface area contributed by atoms with Crippen molar-refractivity contribution in [2.45, 2.75) is 38.3 Å². The molecule has 2 aromatic heterocycles. The van der Waals surface area contributed by atoms with Gasteiger partial charge < -0.3 is 10.6 Å². The van der Waals surface area contributed by atoms with Gasteiger partial charge in [-0.25, -0.2) is 9.37 Å². The first-order valence-electron chi connectivity index (χ1n) is 9.42. The number of hydrogen-bond acceptors (Lipinski definition) is 3. The first-order chi connectivity index (χ1) is 13.6. The van der Waals surface area contributed by atoms with Crippen LogP contribution in [0.3, 0.4) is 0 Å². The number of halogens is 1. The number of carbonyl (C=O) groups excluding carboxylic acids is 2. The van der Waals surface area contributed by atoms with Crippen LogP contribution in [0.5, 0.6) is 0 Å². The highest BCUT2D eigenvalue weighted by Crippen LogP contribution is 2.19. The zero-order valence-corrected chi connectivity index (χ0v) is 15.3. The van der Waals surface area contributed by atoms with Gasteiger partial charge in [0.2, 0.25) is 5.82 Å². The van der Waals surface area contributed by atoms with E-state index in [1.54, 1.807) is 34.9 Å². The second-order valence-corrected chi connectivity index (χ2v) is 7.00. The first kappa shape index (κ1) is 18.2. The van der Waals surface area contributed by atoms with Gasteiger partial charge in [0.05, 0.1) is 5.52 Å². The highest BCUT2D eigenvalue weighted by atomic mass is 19.1. The van der Waals surface area contributed by atoms with Crippen LogP contribution in [0.4, 0.5) is 4.39 Å². The predicted octanol–water partition coefficient (Wildman–Crippen LogP) is 3.08. The Kier molecular flexibility index (Phi) is 5.06. The number of carbonyl (C=O) groups is 2. The lowest BCUT2D eigenvalue weighted by Gasteiger charge is -2.10. The Bertz CT molecular complexity index is 1010. The molecule has 1 aromatic carbocycles. The van der Waals surface area contributed by atoms with Crippen LogP contribution in [-0.2, 0) is 6.54 Å². The molecule has 0 radical (unpaired) electrons. The normalized spacial score (nSPS) is 14.3. The van der Waals surface area contributed by atoms with Crippen LogP contribution in [0.1, 0.15) is 52.4 Å². The summed E-state index contributed by atoms with van der Waals surface area (Å²) in [4.78, 5) is 29.7. The zero-order chi connectivity index (χ0) is 19.5. The molecule has 0 spiro atoms. The van der Waals surface area contributed by atoms with Gasteiger partial charge in [0.25, 0.3) is 11.8 Å². The summed E-state index contributed by atoms with van der Waals surface area (Å²) in [5, 5.41) is 5.80. The average Bonchev–Trinajstić information content (AvgIpc) is 3.35. The summed E-state index contributed by atoms with van der Waals surface area (Å²) < 4.78 is 14.6. The van der Waals surface area contributed by atoms with Crippen molar-refractivity contribution < 1.29 is 14.0 Å². The number of hydrogen-bond donors (Lipinski definition) is 2. The molecule has 0 bridgehead atoms. The van der Waals surface area contributed by atoms with Crippen LogP contribution in [-0.4, -0.2) is 27.2 Å². The molecule has 2 N–H and O–H groups in total. The third-order valence-electron chi connectivity index (χ3n) is 5.02. The van der Waals surface area contributed by atoms with E-state index in [-0.39, 0.29) is 35.8 Å². The lowest BCUT2D eigenvalue weighted by molar-refractivity contribution is 0.0934. The molecule has 4 rings (SSSR count). The molecule has 1 aliphatic carbocycles. The molecule has 0 saturated heterocycles. The molecular formula is C21H21FN4O2. The molecule has 28 heavy (non-hydrogen) atoms. The van der Waals surface area contributed by atoms with Gasteiger partial charge in [0.15, 0.2) is 5.69 Å². The fourth-order valence-electron chi connectivity index (χ4n) is 3.55. The minimum Gasteiger partial charge on any atom is -0.348 e. The summed E-state index contributed by atoms with van der Waals surface area (Å²) in [5.41, 5.74) is 1.61. The van der Waals surface area contributed by atoms with Gasteiger partial charge in [0, 0.05) is 18.8 Å². The fraction of sp³-hybridized carbons (Fsp3) is 0.286. The summed E-state index contributed by atoms with van der Waals surface area (Å²) >= 11 is 0. The fourth-order valence-corrected chi connectivity index (χ4v) is 3.55. The average molecular weight is 380 g/mol. The van der Waals surface area contributed by atoms with Crippen molar-refractivity contribution in [1.29, 1.82) is 0 Å². The number of fused-ring (bicyclic) bond motifs is 1. The Hall–Kier alpha value is -3.22. The van der Waals surface area contributed by atoms with Crippen LogP contribution in [0.2, 0.25) is 0 Å². The minimum absolute atomic E-state index is 0.147. The summed E-state index contributed by atoms with van der Waals surface area (Å²) in [6.07, 6.45) is 5.89. The van der Waals surface area contributed by atoms with E-state index in [1.165, 1.54) is 12.1 Å². The Morgan fingerprint density at radius 3 is 2.57 bits per heavy atom. The van der Waals surface area contributed by atoms with Crippen LogP contribution in [0.25, 0.3) is 5.52 Å². The maximum Gasteiger partial charge on any atom is 0.287 e. The Morgan fingerprint density at radius 2 is 1.82 bits per heavy atom. The van der Waals surface area contributed by atoms with E-state index < -0.39 is 5.91 Å². The van der Waals surface area contributed by atoms with E-state index in [2.05, 4.69) is 15.6 Å². The van der Waals surface area contributed by atoms with Gasteiger partial charge in [-0.2, -0.15) is 0 Å². The molecule has 144 valence electrons. The number of nitrogens with one attached hydrogen (secondary N) is 2. The van der Waals surface area contributed by atoms with E-state index in [9.17, 15) is 14.0 Å². The lowest BCUT2D eigenvalue weighted by Crippen LogP contribution is -2.33. The summed E-state index contributed by atoms with van der Waals surface area (Å²) in [6.45, 7) is 0.241. The lowest BCUT2D eigenvalue weighted by atomic mass is 10.2. The minimum atomic E-state index is -0.398. The number of aromatic nitrogens is 2. The van der Waals surface area contributed by atoms with Crippen molar-refractivity contribution in [2.75, 3.05) is 0 Å². The smallest absolute Gasteiger partial charge is 0.287 e. The highest BCUT2D eigenvalue weighted by molar-refractivity contribution is 6.02. The summed E-state index contributed by atoms with van der Waals surface area (Å²) in [5.74, 6) is -0.833. The maximum atomic E-state index is 13.0. The first-order valence-corrected chi connectivity index (χ1v) is 9.42. The number of benzene rings is 1. The molecule has 3 aromatic rings. The molecule has 1 fully saturated rings. The molecular weight excluding hydrogens is 359 g/mol. The Balaban J connectivity index is 1.55. The standard InChI is InChI=1S/C21H21FN4O2/c22-15-10-8-14(9-11-15)13-23-21(28)19-25-18(17-7-3-4-12-26(17)19)20(27)24-16-5-1-2-6-16/h3-4,7-12,16H,1-2,5-6,13H2,(H,23,28)(H,24,27). The molecule has 0 aliphatic heterocycles. The van der Waals surface area contributed by atoms with Crippen molar-refractivity contribution >= 4 is 17.3 Å². The van der Waals surface area contributed by atoms with Crippen LogP contribution in [0.15, 0.2) is 48.7 Å². The van der Waals surface area contributed by atoms with Crippen molar-refractivity contribution in [2.24, 2.45) is 0 Å². The zero-order valence-electron chi connectivity index (χ0n) is 15.3. The van der Waals surface area contributed by atoms with Crippen molar-refractivity contribution in [3.05, 3.63) is 71.6 Å². The molecule has 1 saturated carbocycles. The van der Waals surface area contributed by atoms with Crippen molar-refractivity contribution in [3.63, 3.8) is 0 Å². The quantitative estimate of drug-likeness (QED) is 0.714. The number of rotatable bonds is 5. The molecule has 0 unspecified atom stereocenters. The molecule has 0 atom stereocenters. The van der Waals surface area contributed by atoms with Gasteiger partial charge >= 0.3 is 0 Å². The third kappa shape index (κ3) is 3.74. The van der Waals surface area contributed by atoms with E-state index in [0.717, 1.165) is 31.2 Å². The third-order valence-corrected chi connectivity index (χ3v) is 5.02. The second-order valence-electron chi connectivity index (χ2n) is 7.00.